The number of nitrogens with two attached hydrogens (primary N) is 1. The summed E-state index contributed by atoms with van der Waals surface area (Å²) in [6.45, 7) is 5.12. The lowest BCUT2D eigenvalue weighted by Gasteiger charge is -2.14. The molecule has 1 fully saturated rings. The van der Waals surface area contributed by atoms with Gasteiger partial charge in [-0.05, 0) is 63.0 Å². The molecule has 1 heterocycles. The number of nitrogens with zero attached hydrogens (tertiary/aromatic N) is 2. The zero-order valence-corrected chi connectivity index (χ0v) is 17.6. The number of benzene rings is 1. The Morgan fingerprint density at radius 3 is 2.56 bits per heavy atom. The van der Waals surface area contributed by atoms with Crippen molar-refractivity contribution in [3.8, 4) is 11.5 Å². The molecule has 0 aliphatic carbocycles. The molecule has 1 aromatic carbocycles. The van der Waals surface area contributed by atoms with Crippen LogP contribution in [0.3, 0.4) is 0 Å². The highest BCUT2D eigenvalue weighted by Gasteiger charge is 2.10. The van der Waals surface area contributed by atoms with Crippen molar-refractivity contribution in [2.75, 3.05) is 40.4 Å². The van der Waals surface area contributed by atoms with E-state index in [1.54, 1.807) is 14.2 Å². The second-order valence-corrected chi connectivity index (χ2v) is 6.07. The van der Waals surface area contributed by atoms with Crippen molar-refractivity contribution < 1.29 is 9.47 Å². The monoisotopic (exact) mass is 462 g/mol. The molecular formula is C18H31IN4O2. The van der Waals surface area contributed by atoms with Crippen LogP contribution in [-0.2, 0) is 6.54 Å². The van der Waals surface area contributed by atoms with Gasteiger partial charge in [-0.15, -0.1) is 24.0 Å². The van der Waals surface area contributed by atoms with Crippen LogP contribution >= 0.6 is 24.0 Å². The summed E-state index contributed by atoms with van der Waals surface area (Å²) in [4.78, 5) is 6.91. The lowest BCUT2D eigenvalue weighted by molar-refractivity contribution is 0.330. The summed E-state index contributed by atoms with van der Waals surface area (Å²) >= 11 is 0. The third-order valence-corrected chi connectivity index (χ3v) is 4.29. The van der Waals surface area contributed by atoms with Crippen LogP contribution in [0.4, 0.5) is 0 Å². The molecule has 1 aliphatic rings. The molecule has 0 aromatic heterocycles. The lowest BCUT2D eigenvalue weighted by Crippen LogP contribution is -2.32. The molecule has 1 aliphatic heterocycles. The van der Waals surface area contributed by atoms with Gasteiger partial charge in [-0.1, -0.05) is 6.07 Å². The lowest BCUT2D eigenvalue weighted by atomic mass is 10.2. The summed E-state index contributed by atoms with van der Waals surface area (Å²) in [5.41, 5.74) is 6.96. The van der Waals surface area contributed by atoms with E-state index in [-0.39, 0.29) is 24.0 Å². The number of rotatable bonds is 9. The fraction of sp³-hybridized carbons (Fsp3) is 0.611. The van der Waals surface area contributed by atoms with Crippen LogP contribution < -0.4 is 20.5 Å². The molecular weight excluding hydrogens is 431 g/mol. The Bertz CT molecular complexity index is 534. The van der Waals surface area contributed by atoms with Gasteiger partial charge < -0.3 is 25.4 Å². The van der Waals surface area contributed by atoms with E-state index in [9.17, 15) is 0 Å². The number of hydrogen-bond acceptors (Lipinski definition) is 4. The predicted octanol–water partition coefficient (Wildman–Crippen LogP) is 2.60. The molecule has 3 N–H and O–H groups in total. The second-order valence-electron chi connectivity index (χ2n) is 6.07. The van der Waals surface area contributed by atoms with E-state index in [0.29, 0.717) is 24.0 Å². The van der Waals surface area contributed by atoms with Gasteiger partial charge >= 0.3 is 0 Å². The number of methoxy groups -OCH3 is 2. The number of unbranched alkanes of at least 4 members (excludes halogenated alkanes) is 1. The number of ether oxygens (including phenoxy) is 2. The van der Waals surface area contributed by atoms with Crippen LogP contribution in [0, 0.1) is 0 Å². The van der Waals surface area contributed by atoms with E-state index < -0.39 is 0 Å². The molecule has 6 nitrogen and oxygen atoms in total. The summed E-state index contributed by atoms with van der Waals surface area (Å²) in [5.74, 6) is 1.92. The van der Waals surface area contributed by atoms with E-state index in [4.69, 9.17) is 15.2 Å². The third kappa shape index (κ3) is 7.68. The van der Waals surface area contributed by atoms with Crippen LogP contribution in [0.25, 0.3) is 0 Å². The van der Waals surface area contributed by atoms with Gasteiger partial charge in [0.15, 0.2) is 17.5 Å². The van der Waals surface area contributed by atoms with Crippen molar-refractivity contribution in [2.45, 2.75) is 32.2 Å². The SMILES string of the molecule is COc1ccc(CN=C(N)NCCCCN2CCCC2)cc1OC.I. The molecule has 142 valence electrons. The minimum Gasteiger partial charge on any atom is -0.493 e. The van der Waals surface area contributed by atoms with Crippen LogP contribution in [0.5, 0.6) is 11.5 Å². The number of aliphatic imine (C=N–C) groups is 1. The Labute approximate surface area is 168 Å². The Balaban J connectivity index is 0.00000312. The summed E-state index contributed by atoms with van der Waals surface area (Å²) in [6.07, 6.45) is 5.03. The highest BCUT2D eigenvalue weighted by atomic mass is 127. The van der Waals surface area contributed by atoms with E-state index in [1.807, 2.05) is 18.2 Å². The molecule has 0 unspecified atom stereocenters. The van der Waals surface area contributed by atoms with Crippen LogP contribution in [0.1, 0.15) is 31.2 Å². The molecule has 0 bridgehead atoms. The molecule has 25 heavy (non-hydrogen) atoms. The number of likely N-dealkylation sites (tertiary alicyclic amines) is 1. The Morgan fingerprint density at radius 2 is 1.88 bits per heavy atom. The number of nitrogens with one attached hydrogen (secondary N) is 1. The molecule has 0 amide bonds. The topological polar surface area (TPSA) is 72.1 Å². The van der Waals surface area contributed by atoms with Gasteiger partial charge in [-0.25, -0.2) is 4.99 Å². The quantitative estimate of drug-likeness (QED) is 0.256. The maximum atomic E-state index is 5.93. The molecule has 0 spiro atoms. The van der Waals surface area contributed by atoms with Gasteiger partial charge in [0, 0.05) is 6.54 Å². The van der Waals surface area contributed by atoms with E-state index in [0.717, 1.165) is 18.5 Å². The third-order valence-electron chi connectivity index (χ3n) is 4.29. The first-order valence-electron chi connectivity index (χ1n) is 8.70. The first kappa shape index (κ1) is 21.8. The standard InChI is InChI=1S/C18H30N4O2.HI/c1-23-16-8-7-15(13-17(16)24-2)14-21-18(19)20-9-3-4-10-22-11-5-6-12-22;/h7-8,13H,3-6,9-12,14H2,1-2H3,(H3,19,20,21);1H. The number of guanidine groups is 1. The molecule has 2 rings (SSSR count). The Morgan fingerprint density at radius 1 is 1.16 bits per heavy atom. The molecule has 7 heteroatoms. The van der Waals surface area contributed by atoms with Crippen molar-refractivity contribution in [1.82, 2.24) is 10.2 Å². The normalized spacial score (nSPS) is 14.9. The zero-order chi connectivity index (χ0) is 17.2. The molecule has 0 saturated carbocycles. The van der Waals surface area contributed by atoms with Crippen molar-refractivity contribution >= 4 is 29.9 Å². The fourth-order valence-electron chi connectivity index (χ4n) is 2.89. The van der Waals surface area contributed by atoms with E-state index in [2.05, 4.69) is 15.2 Å². The van der Waals surface area contributed by atoms with Crippen LogP contribution in [0.2, 0.25) is 0 Å². The fourth-order valence-corrected chi connectivity index (χ4v) is 2.89. The minimum absolute atomic E-state index is 0. The average molecular weight is 462 g/mol. The Kier molecular flexibility index (Phi) is 10.6. The first-order valence-corrected chi connectivity index (χ1v) is 8.70. The van der Waals surface area contributed by atoms with Gasteiger partial charge in [0.1, 0.15) is 0 Å². The highest BCUT2D eigenvalue weighted by Crippen LogP contribution is 2.27. The summed E-state index contributed by atoms with van der Waals surface area (Å²) < 4.78 is 10.5. The second kappa shape index (κ2) is 12.2. The Hall–Kier alpha value is -1.22. The van der Waals surface area contributed by atoms with Crippen molar-refractivity contribution in [3.05, 3.63) is 23.8 Å². The first-order chi connectivity index (χ1) is 11.7. The smallest absolute Gasteiger partial charge is 0.188 e. The summed E-state index contributed by atoms with van der Waals surface area (Å²) in [7, 11) is 3.25. The zero-order valence-electron chi connectivity index (χ0n) is 15.3. The maximum absolute atomic E-state index is 5.93. The van der Waals surface area contributed by atoms with Gasteiger partial charge in [0.25, 0.3) is 0 Å². The van der Waals surface area contributed by atoms with Crippen molar-refractivity contribution in [3.63, 3.8) is 0 Å². The molecule has 1 aromatic rings. The number of hydrogen-bond donors (Lipinski definition) is 2. The summed E-state index contributed by atoms with van der Waals surface area (Å²) in [6, 6.07) is 5.77. The largest absolute Gasteiger partial charge is 0.493 e. The maximum Gasteiger partial charge on any atom is 0.188 e. The average Bonchev–Trinajstić information content (AvgIpc) is 3.12. The van der Waals surface area contributed by atoms with Gasteiger partial charge in [-0.3, -0.25) is 0 Å². The molecule has 0 atom stereocenters. The van der Waals surface area contributed by atoms with Crippen LogP contribution in [0.15, 0.2) is 23.2 Å². The van der Waals surface area contributed by atoms with E-state index in [1.165, 1.54) is 38.9 Å². The molecule has 1 saturated heterocycles. The van der Waals surface area contributed by atoms with Gasteiger partial charge in [0.2, 0.25) is 0 Å². The van der Waals surface area contributed by atoms with Gasteiger partial charge in [0.05, 0.1) is 20.8 Å². The van der Waals surface area contributed by atoms with Gasteiger partial charge in [-0.2, -0.15) is 0 Å². The molecule has 0 radical (unpaired) electrons. The van der Waals surface area contributed by atoms with Crippen molar-refractivity contribution in [2.24, 2.45) is 10.7 Å². The van der Waals surface area contributed by atoms with Crippen molar-refractivity contribution in [1.29, 1.82) is 0 Å². The highest BCUT2D eigenvalue weighted by molar-refractivity contribution is 14.0. The number of halogens is 1. The predicted molar refractivity (Wildman–Crippen MR) is 113 cm³/mol. The summed E-state index contributed by atoms with van der Waals surface area (Å²) in [5, 5.41) is 3.18. The van der Waals surface area contributed by atoms with E-state index >= 15 is 0 Å². The van der Waals surface area contributed by atoms with Crippen LogP contribution in [-0.4, -0.2) is 51.3 Å². The minimum atomic E-state index is 0.